The lowest BCUT2D eigenvalue weighted by atomic mass is 9.90. The normalized spacial score (nSPS) is 14.5. The van der Waals surface area contributed by atoms with Crippen molar-refractivity contribution in [3.63, 3.8) is 0 Å². The predicted molar refractivity (Wildman–Crippen MR) is 117 cm³/mol. The van der Waals surface area contributed by atoms with Gasteiger partial charge in [-0.3, -0.25) is 9.36 Å². The molecule has 8 heteroatoms. The van der Waals surface area contributed by atoms with Crippen LogP contribution < -0.4 is 0 Å². The van der Waals surface area contributed by atoms with Gasteiger partial charge >= 0.3 is 12.1 Å². The summed E-state index contributed by atoms with van der Waals surface area (Å²) in [5.41, 5.74) is 0.789. The summed E-state index contributed by atoms with van der Waals surface area (Å²) >= 11 is 0. The second-order valence-corrected chi connectivity index (χ2v) is 7.42. The average Bonchev–Trinajstić information content (AvgIpc) is 3.04. The minimum Gasteiger partial charge on any atom is -0.494 e. The molecule has 1 aliphatic rings. The van der Waals surface area contributed by atoms with Crippen molar-refractivity contribution >= 4 is 29.5 Å². The van der Waals surface area contributed by atoms with E-state index in [2.05, 4.69) is 0 Å². The van der Waals surface area contributed by atoms with Crippen molar-refractivity contribution in [3.05, 3.63) is 88.1 Å². The molecule has 1 N–H and O–H groups in total. The molecule has 1 aromatic heterocycles. The lowest BCUT2D eigenvalue weighted by molar-refractivity contribution is -0.137. The molecule has 0 amide bonds. The number of ketones is 1. The maximum absolute atomic E-state index is 13.2. The molecule has 0 saturated carbocycles. The largest absolute Gasteiger partial charge is 0.494 e. The number of aromatic hydroxyl groups is 1. The Balaban J connectivity index is 1.98. The van der Waals surface area contributed by atoms with Crippen molar-refractivity contribution in [3.8, 4) is 11.6 Å². The molecular formula is C25H18F3NO4. The summed E-state index contributed by atoms with van der Waals surface area (Å²) in [7, 11) is 1.15. The number of hydrogen-bond donors (Lipinski definition) is 1. The number of carbonyl (C=O) groups is 2. The lowest BCUT2D eigenvalue weighted by Gasteiger charge is -2.13. The second-order valence-electron chi connectivity index (χ2n) is 7.42. The van der Waals surface area contributed by atoms with E-state index in [0.717, 1.165) is 29.4 Å². The molecular weight excluding hydrogens is 435 g/mol. The highest BCUT2D eigenvalue weighted by Gasteiger charge is 2.32. The highest BCUT2D eigenvalue weighted by atomic mass is 19.4. The molecule has 0 spiro atoms. The Morgan fingerprint density at radius 2 is 1.82 bits per heavy atom. The molecule has 0 atom stereocenters. The third-order valence-corrected chi connectivity index (χ3v) is 5.46. The van der Waals surface area contributed by atoms with Crippen LogP contribution >= 0.6 is 0 Å². The van der Waals surface area contributed by atoms with Crippen LogP contribution in [0.15, 0.2) is 54.6 Å². The summed E-state index contributed by atoms with van der Waals surface area (Å²) < 4.78 is 45.7. The van der Waals surface area contributed by atoms with Gasteiger partial charge in [-0.15, -0.1) is 0 Å². The molecule has 0 bridgehead atoms. The number of fused-ring (bicyclic) bond motifs is 1. The fraction of sp³-hybridized carbons (Fsp3) is 0.120. The molecule has 0 saturated heterocycles. The summed E-state index contributed by atoms with van der Waals surface area (Å²) in [4.78, 5) is 25.2. The molecule has 3 aromatic rings. The Morgan fingerprint density at radius 1 is 1.09 bits per heavy atom. The number of esters is 1. The van der Waals surface area contributed by atoms with Crippen molar-refractivity contribution in [2.24, 2.45) is 0 Å². The highest BCUT2D eigenvalue weighted by Crippen LogP contribution is 2.38. The van der Waals surface area contributed by atoms with Crippen LogP contribution in [0.1, 0.15) is 38.3 Å². The quantitative estimate of drug-likeness (QED) is 0.424. The summed E-state index contributed by atoms with van der Waals surface area (Å²) in [5.74, 6) is -1.62. The van der Waals surface area contributed by atoms with Crippen LogP contribution in [0.4, 0.5) is 13.2 Å². The Hall–Kier alpha value is -4.07. The molecule has 5 nitrogen and oxygen atoms in total. The zero-order valence-electron chi connectivity index (χ0n) is 17.6. The van der Waals surface area contributed by atoms with Crippen molar-refractivity contribution < 1.29 is 32.6 Å². The number of nitrogens with zero attached hydrogens (tertiary/aromatic N) is 1. The fourth-order valence-corrected chi connectivity index (χ4v) is 3.90. The van der Waals surface area contributed by atoms with Crippen LogP contribution in [0.3, 0.4) is 0 Å². The average molecular weight is 453 g/mol. The van der Waals surface area contributed by atoms with Gasteiger partial charge in [-0.2, -0.15) is 13.2 Å². The van der Waals surface area contributed by atoms with E-state index in [1.165, 1.54) is 31.2 Å². The van der Waals surface area contributed by atoms with Gasteiger partial charge in [-0.1, -0.05) is 36.4 Å². The van der Waals surface area contributed by atoms with E-state index >= 15 is 0 Å². The Morgan fingerprint density at radius 3 is 2.52 bits per heavy atom. The van der Waals surface area contributed by atoms with Crippen LogP contribution in [0, 0.1) is 6.92 Å². The summed E-state index contributed by atoms with van der Waals surface area (Å²) in [5, 5.41) is 11.0. The van der Waals surface area contributed by atoms with E-state index < -0.39 is 23.6 Å². The van der Waals surface area contributed by atoms with Crippen molar-refractivity contribution in [2.45, 2.75) is 13.1 Å². The Labute approximate surface area is 187 Å². The van der Waals surface area contributed by atoms with E-state index in [4.69, 9.17) is 4.74 Å². The van der Waals surface area contributed by atoms with Gasteiger partial charge in [0.05, 0.1) is 23.8 Å². The van der Waals surface area contributed by atoms with Gasteiger partial charge < -0.3 is 9.84 Å². The maximum atomic E-state index is 13.2. The lowest BCUT2D eigenvalue weighted by Crippen LogP contribution is -2.08. The number of carbonyl (C=O) groups excluding carboxylic acids is 2. The number of methoxy groups -OCH3 is 1. The number of ether oxygens (including phenoxy) is 1. The van der Waals surface area contributed by atoms with Gasteiger partial charge in [0.15, 0.2) is 5.78 Å². The van der Waals surface area contributed by atoms with Crippen molar-refractivity contribution in [1.29, 1.82) is 0 Å². The van der Waals surface area contributed by atoms with Gasteiger partial charge in [-0.25, -0.2) is 4.79 Å². The number of halogens is 3. The molecule has 168 valence electrons. The van der Waals surface area contributed by atoms with Gasteiger partial charge in [0.1, 0.15) is 0 Å². The monoisotopic (exact) mass is 453 g/mol. The predicted octanol–water partition coefficient (Wildman–Crippen LogP) is 5.43. The maximum Gasteiger partial charge on any atom is 0.416 e. The Kier molecular flexibility index (Phi) is 5.45. The molecule has 1 heterocycles. The Bertz CT molecular complexity index is 1350. The number of hydrogen-bond acceptors (Lipinski definition) is 4. The van der Waals surface area contributed by atoms with Gasteiger partial charge in [0.2, 0.25) is 5.88 Å². The summed E-state index contributed by atoms with van der Waals surface area (Å²) in [6.07, 6.45) is -0.189. The SMILES string of the molecule is COC(=O)c1c(C=C2C(=O)C=Cc3ccccc32)c(O)n(-c2cccc(C(F)(F)F)c2)c1C. The van der Waals surface area contributed by atoms with Crippen LogP contribution in [0.25, 0.3) is 23.4 Å². The van der Waals surface area contributed by atoms with E-state index in [-0.39, 0.29) is 33.9 Å². The fourth-order valence-electron chi connectivity index (χ4n) is 3.90. The van der Waals surface area contributed by atoms with Crippen LogP contribution in [-0.2, 0) is 15.7 Å². The third-order valence-electron chi connectivity index (χ3n) is 5.46. The zero-order chi connectivity index (χ0) is 23.9. The van der Waals surface area contributed by atoms with Crippen LogP contribution in [-0.4, -0.2) is 28.5 Å². The summed E-state index contributed by atoms with van der Waals surface area (Å²) in [6.45, 7) is 1.48. The topological polar surface area (TPSA) is 68.5 Å². The first-order chi connectivity index (χ1) is 15.6. The van der Waals surface area contributed by atoms with E-state index in [0.29, 0.717) is 5.56 Å². The number of allylic oxidation sites excluding steroid dienone is 2. The minimum atomic E-state index is -4.59. The zero-order valence-corrected chi connectivity index (χ0v) is 17.6. The van der Waals surface area contributed by atoms with Crippen molar-refractivity contribution in [1.82, 2.24) is 4.57 Å². The molecule has 2 aromatic carbocycles. The standard InChI is InChI=1S/C25H18F3NO4/c1-14-22(24(32)33-2)20(13-19-18-9-4-3-6-15(18)10-11-21(19)30)23(31)29(14)17-8-5-7-16(12-17)25(26,27)28/h3-13,31H,1-2H3. The first-order valence-electron chi connectivity index (χ1n) is 9.87. The number of benzene rings is 2. The minimum absolute atomic E-state index is 0.00453. The van der Waals surface area contributed by atoms with Crippen LogP contribution in [0.5, 0.6) is 5.88 Å². The van der Waals surface area contributed by atoms with Gasteiger partial charge in [0.25, 0.3) is 0 Å². The molecule has 0 aliphatic heterocycles. The molecule has 0 radical (unpaired) electrons. The molecule has 33 heavy (non-hydrogen) atoms. The van der Waals surface area contributed by atoms with Gasteiger partial charge in [0, 0.05) is 17.0 Å². The van der Waals surface area contributed by atoms with E-state index in [1.54, 1.807) is 18.2 Å². The smallest absolute Gasteiger partial charge is 0.416 e. The first kappa shape index (κ1) is 22.1. The van der Waals surface area contributed by atoms with E-state index in [9.17, 15) is 27.9 Å². The molecule has 0 fully saturated rings. The first-order valence-corrected chi connectivity index (χ1v) is 9.87. The third kappa shape index (κ3) is 3.84. The van der Waals surface area contributed by atoms with Crippen LogP contribution in [0.2, 0.25) is 0 Å². The number of alkyl halides is 3. The summed E-state index contributed by atoms with van der Waals surface area (Å²) in [6, 6.07) is 11.5. The molecule has 4 rings (SSSR count). The highest BCUT2D eigenvalue weighted by molar-refractivity contribution is 6.33. The molecule has 1 aliphatic carbocycles. The van der Waals surface area contributed by atoms with Gasteiger partial charge in [-0.05, 0) is 48.4 Å². The molecule has 0 unspecified atom stereocenters. The number of aromatic nitrogens is 1. The number of rotatable bonds is 3. The van der Waals surface area contributed by atoms with E-state index in [1.807, 2.05) is 12.1 Å². The van der Waals surface area contributed by atoms with Crippen molar-refractivity contribution in [2.75, 3.05) is 7.11 Å². The second kappa shape index (κ2) is 8.12.